The van der Waals surface area contributed by atoms with Crippen molar-refractivity contribution in [1.29, 1.82) is 5.26 Å². The first-order valence-electron chi connectivity index (χ1n) is 9.50. The monoisotopic (exact) mass is 364 g/mol. The van der Waals surface area contributed by atoms with E-state index in [1.165, 1.54) is 12.8 Å². The summed E-state index contributed by atoms with van der Waals surface area (Å²) in [5, 5.41) is 12.5. The highest BCUT2D eigenvalue weighted by atomic mass is 16.5. The number of ether oxygens (including phenoxy) is 2. The van der Waals surface area contributed by atoms with Crippen molar-refractivity contribution < 1.29 is 9.47 Å². The predicted molar refractivity (Wildman–Crippen MR) is 110 cm³/mol. The summed E-state index contributed by atoms with van der Waals surface area (Å²) in [6.45, 7) is 7.09. The number of allylic oxidation sites excluding steroid dienone is 1. The van der Waals surface area contributed by atoms with Crippen molar-refractivity contribution in [3.63, 3.8) is 0 Å². The van der Waals surface area contributed by atoms with Crippen molar-refractivity contribution in [2.75, 3.05) is 11.9 Å². The molecule has 0 radical (unpaired) electrons. The Morgan fingerprint density at radius 3 is 2.59 bits per heavy atom. The average Bonchev–Trinajstić information content (AvgIpc) is 2.69. The van der Waals surface area contributed by atoms with Crippen LogP contribution in [0.25, 0.3) is 0 Å². The van der Waals surface area contributed by atoms with Crippen molar-refractivity contribution in [1.82, 2.24) is 0 Å². The maximum atomic E-state index is 9.41. The molecule has 142 valence electrons. The molecule has 0 aliphatic rings. The Bertz CT molecular complexity index is 777. The van der Waals surface area contributed by atoms with E-state index in [1.54, 1.807) is 6.20 Å². The van der Waals surface area contributed by atoms with Crippen LogP contribution < -0.4 is 14.8 Å². The molecule has 0 saturated heterocycles. The second-order valence-electron chi connectivity index (χ2n) is 6.64. The Morgan fingerprint density at radius 2 is 1.93 bits per heavy atom. The van der Waals surface area contributed by atoms with Crippen LogP contribution in [-0.4, -0.2) is 6.61 Å². The number of nitrogens with one attached hydrogen (secondary N) is 1. The second-order valence-corrected chi connectivity index (χ2v) is 6.64. The number of unbranched alkanes of at least 4 members (excludes halogenated alkanes) is 2. The molecule has 2 aromatic carbocycles. The van der Waals surface area contributed by atoms with Gasteiger partial charge < -0.3 is 14.8 Å². The molecule has 0 heterocycles. The fraction of sp³-hybridized carbons (Fsp3) is 0.348. The van der Waals surface area contributed by atoms with Gasteiger partial charge in [-0.15, -0.1) is 0 Å². The van der Waals surface area contributed by atoms with Crippen LogP contribution in [0.2, 0.25) is 0 Å². The van der Waals surface area contributed by atoms with Gasteiger partial charge in [0, 0.05) is 11.3 Å². The highest BCUT2D eigenvalue weighted by Crippen LogP contribution is 2.31. The Morgan fingerprint density at radius 1 is 1.15 bits per heavy atom. The van der Waals surface area contributed by atoms with Crippen LogP contribution in [0.4, 0.5) is 5.69 Å². The standard InChI is InChI=1S/C23H28N2O2/c1-4-5-9-14-26-20-12-13-23(22(15-20)18(2)3)27-21(16-24)17-25-19-10-7-6-8-11-19/h6-8,10-13,15,17-18,25H,4-5,9,14H2,1-3H3/b21-17+. The zero-order chi connectivity index (χ0) is 19.5. The fourth-order valence-corrected chi connectivity index (χ4v) is 2.59. The number of nitrogens with zero attached hydrogens (tertiary/aromatic N) is 1. The first-order chi connectivity index (χ1) is 13.1. The van der Waals surface area contributed by atoms with E-state index in [0.29, 0.717) is 5.75 Å². The molecule has 0 saturated carbocycles. The van der Waals surface area contributed by atoms with E-state index in [9.17, 15) is 5.26 Å². The summed E-state index contributed by atoms with van der Waals surface area (Å²) < 4.78 is 11.7. The number of benzene rings is 2. The van der Waals surface area contributed by atoms with Crippen LogP contribution in [0.15, 0.2) is 60.5 Å². The zero-order valence-electron chi connectivity index (χ0n) is 16.4. The third kappa shape index (κ3) is 6.71. The third-order valence-corrected chi connectivity index (χ3v) is 4.09. The number of nitriles is 1. The molecule has 0 unspecified atom stereocenters. The summed E-state index contributed by atoms with van der Waals surface area (Å²) in [7, 11) is 0. The molecular weight excluding hydrogens is 336 g/mol. The maximum absolute atomic E-state index is 9.41. The number of para-hydroxylation sites is 1. The highest BCUT2D eigenvalue weighted by Gasteiger charge is 2.12. The van der Waals surface area contributed by atoms with Crippen molar-refractivity contribution >= 4 is 5.69 Å². The largest absolute Gasteiger partial charge is 0.494 e. The second kappa shape index (κ2) is 10.9. The minimum atomic E-state index is 0.206. The van der Waals surface area contributed by atoms with Crippen LogP contribution in [0, 0.1) is 11.3 Å². The number of hydrogen-bond donors (Lipinski definition) is 1. The van der Waals surface area contributed by atoms with Crippen molar-refractivity contribution in [2.24, 2.45) is 0 Å². The van der Waals surface area contributed by atoms with Crippen molar-refractivity contribution in [3.8, 4) is 17.6 Å². The van der Waals surface area contributed by atoms with E-state index < -0.39 is 0 Å². The molecule has 0 fully saturated rings. The van der Waals surface area contributed by atoms with E-state index in [4.69, 9.17) is 9.47 Å². The van der Waals surface area contributed by atoms with Crippen LogP contribution in [-0.2, 0) is 0 Å². The predicted octanol–water partition coefficient (Wildman–Crippen LogP) is 6.23. The highest BCUT2D eigenvalue weighted by molar-refractivity contribution is 5.47. The molecular formula is C23H28N2O2. The average molecular weight is 364 g/mol. The van der Waals surface area contributed by atoms with Gasteiger partial charge >= 0.3 is 0 Å². The molecule has 0 aliphatic carbocycles. The summed E-state index contributed by atoms with van der Waals surface area (Å²) >= 11 is 0. The molecule has 0 spiro atoms. The van der Waals surface area contributed by atoms with E-state index in [-0.39, 0.29) is 11.7 Å². The molecule has 0 atom stereocenters. The Hall–Kier alpha value is -2.93. The zero-order valence-corrected chi connectivity index (χ0v) is 16.4. The van der Waals surface area contributed by atoms with Gasteiger partial charge in [0.15, 0.2) is 0 Å². The van der Waals surface area contributed by atoms with Gasteiger partial charge in [-0.25, -0.2) is 0 Å². The number of rotatable bonds is 10. The van der Waals surface area contributed by atoms with Crippen LogP contribution >= 0.6 is 0 Å². The minimum absolute atomic E-state index is 0.206. The van der Waals surface area contributed by atoms with Gasteiger partial charge in [0.2, 0.25) is 5.76 Å². The molecule has 2 rings (SSSR count). The number of anilines is 1. The van der Waals surface area contributed by atoms with Gasteiger partial charge in [-0.05, 0) is 42.7 Å². The molecule has 0 aliphatic heterocycles. The summed E-state index contributed by atoms with van der Waals surface area (Å²) in [5.74, 6) is 1.97. The normalized spacial score (nSPS) is 11.1. The van der Waals surface area contributed by atoms with Crippen LogP contribution in [0.3, 0.4) is 0 Å². The molecule has 2 aromatic rings. The lowest BCUT2D eigenvalue weighted by Gasteiger charge is -2.15. The smallest absolute Gasteiger partial charge is 0.219 e. The summed E-state index contributed by atoms with van der Waals surface area (Å²) in [4.78, 5) is 0. The fourth-order valence-electron chi connectivity index (χ4n) is 2.59. The van der Waals surface area contributed by atoms with Gasteiger partial charge in [0.05, 0.1) is 12.8 Å². The molecule has 0 aromatic heterocycles. The Balaban J connectivity index is 2.10. The van der Waals surface area contributed by atoms with Gasteiger partial charge in [-0.1, -0.05) is 51.8 Å². The number of hydrogen-bond acceptors (Lipinski definition) is 4. The molecule has 4 heteroatoms. The minimum Gasteiger partial charge on any atom is -0.494 e. The van der Waals surface area contributed by atoms with Crippen LogP contribution in [0.1, 0.15) is 51.5 Å². The molecule has 27 heavy (non-hydrogen) atoms. The van der Waals surface area contributed by atoms with Gasteiger partial charge in [-0.2, -0.15) is 5.26 Å². The SMILES string of the molecule is CCCCCOc1ccc(O/C(C#N)=C/Nc2ccccc2)c(C(C)C)c1. The van der Waals surface area contributed by atoms with Gasteiger partial charge in [-0.3, -0.25) is 0 Å². The van der Waals surface area contributed by atoms with Gasteiger partial charge in [0.25, 0.3) is 0 Å². The Kier molecular flexibility index (Phi) is 8.25. The van der Waals surface area contributed by atoms with Crippen molar-refractivity contribution in [3.05, 3.63) is 66.1 Å². The maximum Gasteiger partial charge on any atom is 0.219 e. The molecule has 4 nitrogen and oxygen atoms in total. The lowest BCUT2D eigenvalue weighted by Crippen LogP contribution is -2.03. The quantitative estimate of drug-likeness (QED) is 0.308. The molecule has 0 bridgehead atoms. The summed E-state index contributed by atoms with van der Waals surface area (Å²) in [6.07, 6.45) is 4.98. The first kappa shape index (κ1) is 20.4. The molecule has 0 amide bonds. The van der Waals surface area contributed by atoms with Crippen LogP contribution in [0.5, 0.6) is 11.5 Å². The summed E-state index contributed by atoms with van der Waals surface area (Å²) in [5.41, 5.74) is 1.91. The van der Waals surface area contributed by atoms with E-state index in [0.717, 1.165) is 30.0 Å². The lowest BCUT2D eigenvalue weighted by atomic mass is 10.0. The summed E-state index contributed by atoms with van der Waals surface area (Å²) in [6, 6.07) is 17.5. The lowest BCUT2D eigenvalue weighted by molar-refractivity contribution is 0.305. The van der Waals surface area contributed by atoms with Gasteiger partial charge in [0.1, 0.15) is 17.6 Å². The van der Waals surface area contributed by atoms with E-state index >= 15 is 0 Å². The van der Waals surface area contributed by atoms with E-state index in [1.807, 2.05) is 48.5 Å². The van der Waals surface area contributed by atoms with E-state index in [2.05, 4.69) is 32.2 Å². The first-order valence-corrected chi connectivity index (χ1v) is 9.50. The third-order valence-electron chi connectivity index (χ3n) is 4.09. The Labute approximate surface area is 162 Å². The topological polar surface area (TPSA) is 54.3 Å². The van der Waals surface area contributed by atoms with Crippen molar-refractivity contribution in [2.45, 2.75) is 46.0 Å². The molecule has 1 N–H and O–H groups in total.